The maximum atomic E-state index is 13.8. The van der Waals surface area contributed by atoms with Crippen molar-refractivity contribution in [3.8, 4) is 11.1 Å². The zero-order valence-corrected chi connectivity index (χ0v) is 17.9. The fourth-order valence-electron chi connectivity index (χ4n) is 3.37. The number of hydrogen-bond acceptors (Lipinski definition) is 6. The maximum absolute atomic E-state index is 13.8. The van der Waals surface area contributed by atoms with E-state index in [4.69, 9.17) is 11.5 Å². The molecule has 2 aromatic carbocycles. The molecule has 0 aliphatic carbocycles. The highest BCUT2D eigenvalue weighted by Gasteiger charge is 2.18. The molecule has 10 heteroatoms. The average molecular weight is 458 g/mol. The molecule has 0 spiro atoms. The van der Waals surface area contributed by atoms with Crippen molar-refractivity contribution in [1.82, 2.24) is 15.3 Å². The van der Waals surface area contributed by atoms with E-state index in [1.54, 1.807) is 12.1 Å². The molecule has 1 amide bonds. The topological polar surface area (TPSA) is 110 Å². The normalized spacial score (nSPS) is 10.8. The molecule has 7 nitrogen and oxygen atoms in total. The Bertz CT molecular complexity index is 1090. The van der Waals surface area contributed by atoms with Gasteiger partial charge < -0.3 is 21.7 Å². The van der Waals surface area contributed by atoms with Gasteiger partial charge in [0, 0.05) is 25.7 Å². The number of nitrogens with two attached hydrogens (primary N) is 2. The lowest BCUT2D eigenvalue weighted by Gasteiger charge is -2.26. The Kier molecular flexibility index (Phi) is 8.20. The van der Waals surface area contributed by atoms with Crippen LogP contribution in [0.5, 0.6) is 0 Å². The van der Waals surface area contributed by atoms with E-state index in [0.29, 0.717) is 55.5 Å². The summed E-state index contributed by atoms with van der Waals surface area (Å²) in [7, 11) is 0. The van der Waals surface area contributed by atoms with Crippen LogP contribution in [0.4, 0.5) is 24.8 Å². The Labute approximate surface area is 189 Å². The second-order valence-electron chi connectivity index (χ2n) is 7.33. The van der Waals surface area contributed by atoms with Crippen LogP contribution < -0.4 is 21.7 Å². The molecular formula is C23H25F3N6O. The van der Waals surface area contributed by atoms with E-state index in [-0.39, 0.29) is 23.7 Å². The summed E-state index contributed by atoms with van der Waals surface area (Å²) in [6.45, 7) is 1.77. The predicted molar refractivity (Wildman–Crippen MR) is 121 cm³/mol. The zero-order valence-electron chi connectivity index (χ0n) is 17.9. The van der Waals surface area contributed by atoms with Crippen LogP contribution in [0.2, 0.25) is 0 Å². The standard InChI is InChI=1S/C23H25F3N6O/c24-16-5-3-15(4-6-16)20-21(28)30-14-31-22(20)32(11-1-9-27)12-2-10-29-23(33)18-8-7-17(25)13-19(18)26/h3-8,13-14H,1-2,9-12,27H2,(H,29,33)(H2,28,30,31). The Morgan fingerprint density at radius 1 is 0.970 bits per heavy atom. The van der Waals surface area contributed by atoms with Gasteiger partial charge in [0.2, 0.25) is 0 Å². The van der Waals surface area contributed by atoms with Crippen LogP contribution in [0.3, 0.4) is 0 Å². The number of nitrogen functional groups attached to an aromatic ring is 1. The van der Waals surface area contributed by atoms with E-state index in [0.717, 1.165) is 12.1 Å². The number of rotatable bonds is 10. The van der Waals surface area contributed by atoms with Crippen LogP contribution in [0.15, 0.2) is 48.8 Å². The van der Waals surface area contributed by atoms with Crippen LogP contribution in [-0.4, -0.2) is 42.1 Å². The average Bonchev–Trinajstić information content (AvgIpc) is 2.79. The summed E-state index contributed by atoms with van der Waals surface area (Å²) in [5.41, 5.74) is 12.8. The fraction of sp³-hybridized carbons (Fsp3) is 0.261. The first-order chi connectivity index (χ1) is 15.9. The van der Waals surface area contributed by atoms with Gasteiger partial charge in [-0.15, -0.1) is 0 Å². The minimum absolute atomic E-state index is 0.224. The number of aromatic nitrogens is 2. The Morgan fingerprint density at radius 3 is 2.36 bits per heavy atom. The van der Waals surface area contributed by atoms with Crippen molar-refractivity contribution in [3.63, 3.8) is 0 Å². The number of nitrogens with one attached hydrogen (secondary N) is 1. The second-order valence-corrected chi connectivity index (χ2v) is 7.33. The third kappa shape index (κ3) is 6.19. The van der Waals surface area contributed by atoms with Crippen LogP contribution in [-0.2, 0) is 0 Å². The number of benzene rings is 2. The maximum Gasteiger partial charge on any atom is 0.254 e. The molecule has 0 unspecified atom stereocenters. The van der Waals surface area contributed by atoms with Crippen molar-refractivity contribution in [3.05, 3.63) is 71.8 Å². The number of nitrogens with zero attached hydrogens (tertiary/aromatic N) is 3. The molecule has 3 aromatic rings. The van der Waals surface area contributed by atoms with Gasteiger partial charge in [0.15, 0.2) is 0 Å². The van der Waals surface area contributed by atoms with Gasteiger partial charge in [-0.25, -0.2) is 23.1 Å². The molecule has 33 heavy (non-hydrogen) atoms. The Hall–Kier alpha value is -3.66. The predicted octanol–water partition coefficient (Wildman–Crippen LogP) is 3.12. The number of halogens is 3. The van der Waals surface area contributed by atoms with Crippen molar-refractivity contribution in [2.45, 2.75) is 12.8 Å². The number of hydrogen-bond donors (Lipinski definition) is 3. The largest absolute Gasteiger partial charge is 0.383 e. The molecule has 0 atom stereocenters. The van der Waals surface area contributed by atoms with E-state index >= 15 is 0 Å². The van der Waals surface area contributed by atoms with E-state index in [1.807, 2.05) is 4.90 Å². The monoisotopic (exact) mass is 458 g/mol. The lowest BCUT2D eigenvalue weighted by Crippen LogP contribution is -2.32. The van der Waals surface area contributed by atoms with Gasteiger partial charge >= 0.3 is 0 Å². The summed E-state index contributed by atoms with van der Waals surface area (Å²) in [4.78, 5) is 22.6. The van der Waals surface area contributed by atoms with Gasteiger partial charge in [0.25, 0.3) is 5.91 Å². The van der Waals surface area contributed by atoms with Crippen LogP contribution in [0.1, 0.15) is 23.2 Å². The minimum atomic E-state index is -0.919. The molecule has 0 aliphatic heterocycles. The third-order valence-corrected chi connectivity index (χ3v) is 4.99. The first-order valence-electron chi connectivity index (χ1n) is 10.5. The van der Waals surface area contributed by atoms with Gasteiger partial charge in [0.05, 0.1) is 11.1 Å². The van der Waals surface area contributed by atoms with Crippen LogP contribution >= 0.6 is 0 Å². The molecule has 3 rings (SSSR count). The first-order valence-corrected chi connectivity index (χ1v) is 10.5. The zero-order chi connectivity index (χ0) is 23.8. The van der Waals surface area contributed by atoms with Crippen molar-refractivity contribution in [1.29, 1.82) is 0 Å². The highest BCUT2D eigenvalue weighted by Crippen LogP contribution is 2.33. The summed E-state index contributed by atoms with van der Waals surface area (Å²) in [5.74, 6) is -1.84. The Balaban J connectivity index is 1.72. The minimum Gasteiger partial charge on any atom is -0.383 e. The van der Waals surface area contributed by atoms with Gasteiger partial charge in [-0.3, -0.25) is 4.79 Å². The van der Waals surface area contributed by atoms with Crippen molar-refractivity contribution >= 4 is 17.5 Å². The summed E-state index contributed by atoms with van der Waals surface area (Å²) < 4.78 is 40.2. The molecule has 1 heterocycles. The highest BCUT2D eigenvalue weighted by atomic mass is 19.1. The van der Waals surface area contributed by atoms with Gasteiger partial charge in [-0.05, 0) is 49.2 Å². The van der Waals surface area contributed by atoms with Crippen molar-refractivity contribution in [2.75, 3.05) is 36.8 Å². The van der Waals surface area contributed by atoms with Gasteiger partial charge in [-0.1, -0.05) is 12.1 Å². The molecule has 1 aromatic heterocycles. The van der Waals surface area contributed by atoms with Gasteiger partial charge in [-0.2, -0.15) is 0 Å². The van der Waals surface area contributed by atoms with Crippen molar-refractivity contribution < 1.29 is 18.0 Å². The summed E-state index contributed by atoms with van der Waals surface area (Å²) in [5, 5.41) is 2.63. The SMILES string of the molecule is NCCCN(CCCNC(=O)c1ccc(F)cc1F)c1ncnc(N)c1-c1ccc(F)cc1. The lowest BCUT2D eigenvalue weighted by molar-refractivity contribution is 0.0949. The number of carbonyl (C=O) groups is 1. The van der Waals surface area contributed by atoms with E-state index in [9.17, 15) is 18.0 Å². The molecule has 0 bridgehead atoms. The van der Waals surface area contributed by atoms with Crippen molar-refractivity contribution in [2.24, 2.45) is 5.73 Å². The molecule has 174 valence electrons. The number of anilines is 2. The molecule has 0 fully saturated rings. The van der Waals surface area contributed by atoms with Crippen LogP contribution in [0, 0.1) is 17.5 Å². The van der Waals surface area contributed by atoms with Crippen LogP contribution in [0.25, 0.3) is 11.1 Å². The van der Waals surface area contributed by atoms with E-state index in [2.05, 4.69) is 15.3 Å². The smallest absolute Gasteiger partial charge is 0.254 e. The Morgan fingerprint density at radius 2 is 1.67 bits per heavy atom. The van der Waals surface area contributed by atoms with Gasteiger partial charge in [0.1, 0.15) is 35.4 Å². The number of amides is 1. The molecule has 5 N–H and O–H groups in total. The first kappa shape index (κ1) is 24.0. The second kappa shape index (κ2) is 11.3. The summed E-state index contributed by atoms with van der Waals surface area (Å²) in [6.07, 6.45) is 2.54. The quantitative estimate of drug-likeness (QED) is 0.403. The number of carbonyl (C=O) groups excluding carboxylic acids is 1. The highest BCUT2D eigenvalue weighted by molar-refractivity contribution is 5.94. The molecule has 0 aliphatic rings. The molecule has 0 radical (unpaired) electrons. The lowest BCUT2D eigenvalue weighted by atomic mass is 10.1. The molecule has 0 saturated carbocycles. The summed E-state index contributed by atoms with van der Waals surface area (Å²) in [6, 6.07) is 8.67. The third-order valence-electron chi connectivity index (χ3n) is 4.99. The molecular weight excluding hydrogens is 433 g/mol. The van der Waals surface area contributed by atoms with E-state index < -0.39 is 17.5 Å². The summed E-state index contributed by atoms with van der Waals surface area (Å²) >= 11 is 0. The fourth-order valence-corrected chi connectivity index (χ4v) is 3.37. The van der Waals surface area contributed by atoms with E-state index in [1.165, 1.54) is 18.5 Å². The molecule has 0 saturated heterocycles.